The van der Waals surface area contributed by atoms with Crippen molar-refractivity contribution in [2.75, 3.05) is 0 Å². The molecule has 0 saturated heterocycles. The molecular formula is C11H22N2O. The Hall–Kier alpha value is -0.570. The second-order valence-corrected chi connectivity index (χ2v) is 4.74. The van der Waals surface area contributed by atoms with Gasteiger partial charge in [0.2, 0.25) is 5.91 Å². The first-order valence-corrected chi connectivity index (χ1v) is 5.55. The minimum atomic E-state index is -0.0727. The van der Waals surface area contributed by atoms with Crippen LogP contribution in [0.5, 0.6) is 0 Å². The van der Waals surface area contributed by atoms with Gasteiger partial charge in [0, 0.05) is 11.6 Å². The third-order valence-corrected chi connectivity index (χ3v) is 2.96. The van der Waals surface area contributed by atoms with E-state index in [0.29, 0.717) is 0 Å². The minimum absolute atomic E-state index is 0.0727. The van der Waals surface area contributed by atoms with Gasteiger partial charge in [-0.2, -0.15) is 0 Å². The average Bonchev–Trinajstić information content (AvgIpc) is 2.82. The van der Waals surface area contributed by atoms with Gasteiger partial charge in [-0.05, 0) is 40.0 Å². The molecule has 1 amide bonds. The Labute approximate surface area is 86.6 Å². The molecule has 0 aromatic carbocycles. The van der Waals surface area contributed by atoms with Crippen LogP contribution in [0.3, 0.4) is 0 Å². The van der Waals surface area contributed by atoms with Crippen molar-refractivity contribution in [3.63, 3.8) is 0 Å². The molecule has 2 N–H and O–H groups in total. The summed E-state index contributed by atoms with van der Waals surface area (Å²) in [7, 11) is 0. The molecule has 0 aliphatic heterocycles. The van der Waals surface area contributed by atoms with E-state index in [1.54, 1.807) is 0 Å². The largest absolute Gasteiger partial charge is 0.352 e. The van der Waals surface area contributed by atoms with Crippen molar-refractivity contribution in [2.24, 2.45) is 0 Å². The summed E-state index contributed by atoms with van der Waals surface area (Å²) in [6.45, 7) is 8.20. The number of nitrogens with one attached hydrogen (secondary N) is 2. The normalized spacial score (nSPS) is 22.6. The molecule has 1 rings (SSSR count). The van der Waals surface area contributed by atoms with Crippen LogP contribution in [0.1, 0.15) is 47.0 Å². The molecule has 0 spiro atoms. The first kappa shape index (κ1) is 11.5. The number of hydrogen-bond acceptors (Lipinski definition) is 2. The van der Waals surface area contributed by atoms with Crippen LogP contribution in [-0.2, 0) is 4.79 Å². The van der Waals surface area contributed by atoms with Crippen LogP contribution in [-0.4, -0.2) is 23.5 Å². The quantitative estimate of drug-likeness (QED) is 0.701. The summed E-state index contributed by atoms with van der Waals surface area (Å²) in [5, 5.41) is 6.33. The van der Waals surface area contributed by atoms with Crippen LogP contribution in [0.25, 0.3) is 0 Å². The number of carbonyl (C=O) groups is 1. The summed E-state index contributed by atoms with van der Waals surface area (Å²) in [5.74, 6) is 0.118. The van der Waals surface area contributed by atoms with Crippen LogP contribution in [0.15, 0.2) is 0 Å². The van der Waals surface area contributed by atoms with Gasteiger partial charge in [0.1, 0.15) is 0 Å². The van der Waals surface area contributed by atoms with E-state index in [9.17, 15) is 4.79 Å². The van der Waals surface area contributed by atoms with E-state index < -0.39 is 0 Å². The Morgan fingerprint density at radius 2 is 2.00 bits per heavy atom. The van der Waals surface area contributed by atoms with Gasteiger partial charge in [-0.1, -0.05) is 6.92 Å². The van der Waals surface area contributed by atoms with E-state index in [-0.39, 0.29) is 23.5 Å². The average molecular weight is 198 g/mol. The zero-order valence-electron chi connectivity index (χ0n) is 9.68. The van der Waals surface area contributed by atoms with E-state index in [2.05, 4.69) is 24.5 Å². The zero-order chi connectivity index (χ0) is 10.8. The molecule has 3 nitrogen and oxygen atoms in total. The summed E-state index contributed by atoms with van der Waals surface area (Å²) in [6.07, 6.45) is 3.36. The van der Waals surface area contributed by atoms with Gasteiger partial charge in [-0.3, -0.25) is 4.79 Å². The smallest absolute Gasteiger partial charge is 0.237 e. The van der Waals surface area contributed by atoms with E-state index in [4.69, 9.17) is 0 Å². The van der Waals surface area contributed by atoms with Crippen molar-refractivity contribution < 1.29 is 4.79 Å². The molecule has 1 aliphatic carbocycles. The Balaban J connectivity index is 2.29. The lowest BCUT2D eigenvalue weighted by atomic mass is 10.2. The molecule has 0 aromatic heterocycles. The molecule has 1 fully saturated rings. The number of hydrogen-bond donors (Lipinski definition) is 2. The van der Waals surface area contributed by atoms with Crippen LogP contribution >= 0.6 is 0 Å². The van der Waals surface area contributed by atoms with Crippen molar-refractivity contribution >= 4 is 5.91 Å². The molecule has 0 bridgehead atoms. The lowest BCUT2D eigenvalue weighted by Crippen LogP contribution is -2.48. The van der Waals surface area contributed by atoms with Gasteiger partial charge in [-0.15, -0.1) is 0 Å². The summed E-state index contributed by atoms with van der Waals surface area (Å²) in [6, 6.07) is 0.204. The first-order valence-electron chi connectivity index (χ1n) is 5.55. The van der Waals surface area contributed by atoms with Crippen molar-refractivity contribution in [3.05, 3.63) is 0 Å². The van der Waals surface area contributed by atoms with Crippen molar-refractivity contribution in [2.45, 2.75) is 64.6 Å². The fourth-order valence-corrected chi connectivity index (χ4v) is 1.39. The predicted molar refractivity (Wildman–Crippen MR) is 58.1 cm³/mol. The number of carbonyl (C=O) groups excluding carboxylic acids is 1. The third kappa shape index (κ3) is 3.29. The Bertz CT molecular complexity index is 211. The van der Waals surface area contributed by atoms with E-state index in [1.165, 1.54) is 12.8 Å². The predicted octanol–water partition coefficient (Wildman–Crippen LogP) is 1.43. The fourth-order valence-electron chi connectivity index (χ4n) is 1.39. The second kappa shape index (κ2) is 4.30. The van der Waals surface area contributed by atoms with Gasteiger partial charge in [0.25, 0.3) is 0 Å². The highest BCUT2D eigenvalue weighted by Gasteiger charge is 2.39. The Morgan fingerprint density at radius 3 is 2.43 bits per heavy atom. The van der Waals surface area contributed by atoms with E-state index in [1.807, 2.05) is 13.8 Å². The van der Waals surface area contributed by atoms with Crippen LogP contribution in [0.4, 0.5) is 0 Å². The lowest BCUT2D eigenvalue weighted by molar-refractivity contribution is -0.123. The highest BCUT2D eigenvalue weighted by molar-refractivity contribution is 5.81. The highest BCUT2D eigenvalue weighted by Crippen LogP contribution is 2.34. The summed E-state index contributed by atoms with van der Waals surface area (Å²) in [4.78, 5) is 11.6. The van der Waals surface area contributed by atoms with Crippen molar-refractivity contribution in [3.8, 4) is 0 Å². The maximum absolute atomic E-state index is 11.6. The highest BCUT2D eigenvalue weighted by atomic mass is 16.2. The van der Waals surface area contributed by atoms with E-state index in [0.717, 1.165) is 6.42 Å². The minimum Gasteiger partial charge on any atom is -0.352 e. The molecule has 2 atom stereocenters. The number of amides is 1. The summed E-state index contributed by atoms with van der Waals surface area (Å²) in [5.41, 5.74) is 0.228. The van der Waals surface area contributed by atoms with Gasteiger partial charge < -0.3 is 10.6 Å². The molecule has 82 valence electrons. The standard InChI is InChI=1S/C11H22N2O/c1-5-8(2)12-10(14)9(3)13-11(4)6-7-11/h8-9,13H,5-7H2,1-4H3,(H,12,14). The van der Waals surface area contributed by atoms with Crippen LogP contribution in [0, 0.1) is 0 Å². The lowest BCUT2D eigenvalue weighted by Gasteiger charge is -2.20. The monoisotopic (exact) mass is 198 g/mol. The Kier molecular flexibility index (Phi) is 3.53. The molecule has 2 unspecified atom stereocenters. The zero-order valence-corrected chi connectivity index (χ0v) is 9.68. The molecule has 0 aromatic rings. The fraction of sp³-hybridized carbons (Fsp3) is 0.909. The van der Waals surface area contributed by atoms with Crippen LogP contribution < -0.4 is 10.6 Å². The number of rotatable bonds is 5. The van der Waals surface area contributed by atoms with Gasteiger partial charge in [-0.25, -0.2) is 0 Å². The molecule has 14 heavy (non-hydrogen) atoms. The third-order valence-electron chi connectivity index (χ3n) is 2.96. The molecule has 0 heterocycles. The maximum atomic E-state index is 11.6. The van der Waals surface area contributed by atoms with E-state index >= 15 is 0 Å². The molecule has 1 saturated carbocycles. The van der Waals surface area contributed by atoms with Gasteiger partial charge in [0.15, 0.2) is 0 Å². The van der Waals surface area contributed by atoms with Crippen molar-refractivity contribution in [1.82, 2.24) is 10.6 Å². The summed E-state index contributed by atoms with van der Waals surface area (Å²) >= 11 is 0. The maximum Gasteiger partial charge on any atom is 0.237 e. The van der Waals surface area contributed by atoms with Gasteiger partial charge >= 0.3 is 0 Å². The van der Waals surface area contributed by atoms with Crippen LogP contribution in [0.2, 0.25) is 0 Å². The topological polar surface area (TPSA) is 41.1 Å². The van der Waals surface area contributed by atoms with Gasteiger partial charge in [0.05, 0.1) is 6.04 Å². The summed E-state index contributed by atoms with van der Waals surface area (Å²) < 4.78 is 0. The molecule has 3 heteroatoms. The second-order valence-electron chi connectivity index (χ2n) is 4.74. The molecule has 1 aliphatic rings. The molecular weight excluding hydrogens is 176 g/mol. The molecule has 0 radical (unpaired) electrons. The first-order chi connectivity index (χ1) is 6.47. The SMILES string of the molecule is CCC(C)NC(=O)C(C)NC1(C)CC1. The van der Waals surface area contributed by atoms with Crippen molar-refractivity contribution in [1.29, 1.82) is 0 Å². The Morgan fingerprint density at radius 1 is 1.43 bits per heavy atom.